The summed E-state index contributed by atoms with van der Waals surface area (Å²) in [6.45, 7) is 3.51. The summed E-state index contributed by atoms with van der Waals surface area (Å²) in [7, 11) is 1.68. The molecule has 1 fully saturated rings. The molecule has 0 bridgehead atoms. The summed E-state index contributed by atoms with van der Waals surface area (Å²) in [5.74, 6) is 0.977. The molecule has 2 heterocycles. The highest BCUT2D eigenvalue weighted by molar-refractivity contribution is 5.87. The molecular formula is C19H26N6O3. The van der Waals surface area contributed by atoms with Gasteiger partial charge in [-0.2, -0.15) is 0 Å². The van der Waals surface area contributed by atoms with Crippen molar-refractivity contribution in [3.63, 3.8) is 0 Å². The van der Waals surface area contributed by atoms with E-state index in [1.54, 1.807) is 13.2 Å². The van der Waals surface area contributed by atoms with E-state index in [9.17, 15) is 10.1 Å². The van der Waals surface area contributed by atoms with Crippen LogP contribution in [0.2, 0.25) is 0 Å². The lowest BCUT2D eigenvalue weighted by Crippen LogP contribution is -2.33. The van der Waals surface area contributed by atoms with Crippen molar-refractivity contribution in [3.8, 4) is 11.4 Å². The maximum atomic E-state index is 11.6. The van der Waals surface area contributed by atoms with E-state index >= 15 is 0 Å². The first-order valence-electron chi connectivity index (χ1n) is 9.42. The Hall–Kier alpha value is -2.94. The average molecular weight is 386 g/mol. The van der Waals surface area contributed by atoms with Gasteiger partial charge >= 0.3 is 5.69 Å². The van der Waals surface area contributed by atoms with Gasteiger partial charge in [-0.3, -0.25) is 10.1 Å². The summed E-state index contributed by atoms with van der Waals surface area (Å²) in [6, 6.07) is 5.16. The number of nitrogens with zero attached hydrogens (tertiary/aromatic N) is 4. The predicted molar refractivity (Wildman–Crippen MR) is 109 cm³/mol. The molecule has 28 heavy (non-hydrogen) atoms. The number of aromatic nitrogens is 2. The van der Waals surface area contributed by atoms with Gasteiger partial charge in [0.15, 0.2) is 5.82 Å². The molecule has 1 aliphatic heterocycles. The lowest BCUT2D eigenvalue weighted by molar-refractivity contribution is -0.383. The first-order chi connectivity index (χ1) is 13.5. The van der Waals surface area contributed by atoms with Crippen LogP contribution in [0.4, 0.5) is 22.9 Å². The molecule has 1 atom stereocenters. The van der Waals surface area contributed by atoms with Crippen molar-refractivity contribution in [2.75, 3.05) is 36.6 Å². The first-order valence-corrected chi connectivity index (χ1v) is 9.42. The van der Waals surface area contributed by atoms with E-state index in [0.717, 1.165) is 43.7 Å². The van der Waals surface area contributed by atoms with Gasteiger partial charge in [-0.25, -0.2) is 9.97 Å². The molecule has 150 valence electrons. The van der Waals surface area contributed by atoms with Gasteiger partial charge in [0.2, 0.25) is 0 Å². The zero-order chi connectivity index (χ0) is 20.3. The normalized spacial score (nSPS) is 16.5. The number of nitro benzene ring substituents is 1. The minimum absolute atomic E-state index is 0.0404. The Morgan fingerprint density at radius 2 is 2.07 bits per heavy atom. The second-order valence-corrected chi connectivity index (χ2v) is 6.96. The van der Waals surface area contributed by atoms with Crippen LogP contribution in [0.3, 0.4) is 0 Å². The molecule has 4 N–H and O–H groups in total. The third-order valence-electron chi connectivity index (χ3n) is 4.95. The summed E-state index contributed by atoms with van der Waals surface area (Å²) >= 11 is 0. The summed E-state index contributed by atoms with van der Waals surface area (Å²) in [6.07, 6.45) is 3.68. The number of nitro groups is 1. The molecule has 1 aromatic carbocycles. The number of methoxy groups -OCH3 is 1. The molecule has 1 aromatic heterocycles. The quantitative estimate of drug-likeness (QED) is 0.421. The van der Waals surface area contributed by atoms with E-state index in [-0.39, 0.29) is 34.5 Å². The molecule has 3 rings (SSSR count). The lowest BCUT2D eigenvalue weighted by atomic mass is 10.1. The Labute approximate surface area is 163 Å². The van der Waals surface area contributed by atoms with Crippen LogP contribution < -0.4 is 16.4 Å². The molecule has 9 nitrogen and oxygen atoms in total. The zero-order valence-corrected chi connectivity index (χ0v) is 16.2. The van der Waals surface area contributed by atoms with Gasteiger partial charge in [-0.05, 0) is 31.4 Å². The molecule has 0 radical (unpaired) electrons. The summed E-state index contributed by atoms with van der Waals surface area (Å²) < 4.78 is 5.34. The molecule has 1 saturated heterocycles. The monoisotopic (exact) mass is 386 g/mol. The van der Waals surface area contributed by atoms with E-state index < -0.39 is 4.92 Å². The van der Waals surface area contributed by atoms with Gasteiger partial charge in [0.25, 0.3) is 0 Å². The van der Waals surface area contributed by atoms with E-state index in [4.69, 9.17) is 16.2 Å². The van der Waals surface area contributed by atoms with Crippen LogP contribution in [-0.4, -0.2) is 41.2 Å². The SMILES string of the molecule is CCCc1cc(N2CCCC2COC)nc(-c2c(N)ccc(N)c2[N+](=O)[O-])n1. The Balaban J connectivity index is 2.16. The molecule has 0 aliphatic carbocycles. The average Bonchev–Trinajstić information content (AvgIpc) is 3.11. The van der Waals surface area contributed by atoms with Crippen LogP contribution in [-0.2, 0) is 11.2 Å². The maximum Gasteiger partial charge on any atom is 0.305 e. The molecule has 9 heteroatoms. The molecule has 1 unspecified atom stereocenters. The molecular weight excluding hydrogens is 360 g/mol. The molecule has 2 aromatic rings. The van der Waals surface area contributed by atoms with Crippen molar-refractivity contribution in [2.24, 2.45) is 0 Å². The second-order valence-electron chi connectivity index (χ2n) is 6.96. The number of rotatable bonds is 7. The number of nitrogen functional groups attached to an aromatic ring is 2. The van der Waals surface area contributed by atoms with Gasteiger partial charge in [0.05, 0.1) is 17.6 Å². The van der Waals surface area contributed by atoms with Gasteiger partial charge in [0, 0.05) is 31.1 Å². The summed E-state index contributed by atoms with van der Waals surface area (Å²) in [5, 5.41) is 11.6. The molecule has 0 spiro atoms. The van der Waals surface area contributed by atoms with Crippen LogP contribution in [0.15, 0.2) is 18.2 Å². The lowest BCUT2D eigenvalue weighted by Gasteiger charge is -2.26. The van der Waals surface area contributed by atoms with Gasteiger partial charge in [-0.15, -0.1) is 0 Å². The number of ether oxygens (including phenoxy) is 1. The number of anilines is 3. The van der Waals surface area contributed by atoms with Gasteiger partial charge < -0.3 is 21.1 Å². The number of hydrogen-bond donors (Lipinski definition) is 2. The van der Waals surface area contributed by atoms with Crippen molar-refractivity contribution in [2.45, 2.75) is 38.6 Å². The van der Waals surface area contributed by atoms with E-state index in [1.165, 1.54) is 6.07 Å². The van der Waals surface area contributed by atoms with Crippen LogP contribution in [0.25, 0.3) is 11.4 Å². The van der Waals surface area contributed by atoms with Gasteiger partial charge in [-0.1, -0.05) is 13.3 Å². The third kappa shape index (κ3) is 3.84. The maximum absolute atomic E-state index is 11.6. The standard InChI is InChI=1S/C19H26N6O3/c1-3-5-12-10-16(24-9-4-6-13(24)11-28-2)23-19(22-12)17-14(20)7-8-15(21)18(17)25(26)27/h7-8,10,13H,3-6,9,11,20-21H2,1-2H3. The van der Waals surface area contributed by atoms with Crippen molar-refractivity contribution in [3.05, 3.63) is 34.0 Å². The van der Waals surface area contributed by atoms with Crippen molar-refractivity contribution >= 4 is 22.9 Å². The minimum Gasteiger partial charge on any atom is -0.398 e. The van der Waals surface area contributed by atoms with Crippen LogP contribution in [0, 0.1) is 10.1 Å². The number of nitrogens with two attached hydrogens (primary N) is 2. The Morgan fingerprint density at radius 3 is 2.75 bits per heavy atom. The number of benzene rings is 1. The van der Waals surface area contributed by atoms with E-state index in [2.05, 4.69) is 21.8 Å². The fourth-order valence-corrected chi connectivity index (χ4v) is 3.68. The first kappa shape index (κ1) is 19.8. The highest BCUT2D eigenvalue weighted by atomic mass is 16.6. The van der Waals surface area contributed by atoms with Crippen LogP contribution in [0.5, 0.6) is 0 Å². The zero-order valence-electron chi connectivity index (χ0n) is 16.2. The fraction of sp³-hybridized carbons (Fsp3) is 0.474. The van der Waals surface area contributed by atoms with E-state index in [0.29, 0.717) is 6.61 Å². The topological polar surface area (TPSA) is 133 Å². The smallest absolute Gasteiger partial charge is 0.305 e. The van der Waals surface area contributed by atoms with Crippen LogP contribution in [0.1, 0.15) is 31.9 Å². The van der Waals surface area contributed by atoms with Crippen molar-refractivity contribution < 1.29 is 9.66 Å². The third-order valence-corrected chi connectivity index (χ3v) is 4.95. The minimum atomic E-state index is -0.528. The molecule has 0 amide bonds. The predicted octanol–water partition coefficient (Wildman–Crippen LogP) is 2.78. The number of hydrogen-bond acceptors (Lipinski definition) is 8. The van der Waals surface area contributed by atoms with Gasteiger partial charge in [0.1, 0.15) is 17.1 Å². The molecule has 0 saturated carbocycles. The summed E-state index contributed by atoms with van der Waals surface area (Å²) in [4.78, 5) is 22.5. The van der Waals surface area contributed by atoms with Crippen LogP contribution >= 0.6 is 0 Å². The van der Waals surface area contributed by atoms with Crippen molar-refractivity contribution in [1.29, 1.82) is 0 Å². The number of aryl methyl sites for hydroxylation is 1. The Kier molecular flexibility index (Phi) is 5.93. The highest BCUT2D eigenvalue weighted by Gasteiger charge is 2.29. The second kappa shape index (κ2) is 8.39. The fourth-order valence-electron chi connectivity index (χ4n) is 3.68. The summed E-state index contributed by atoms with van der Waals surface area (Å²) in [5.41, 5.74) is 13.0. The van der Waals surface area contributed by atoms with Crippen molar-refractivity contribution in [1.82, 2.24) is 9.97 Å². The largest absolute Gasteiger partial charge is 0.398 e. The molecule has 1 aliphatic rings. The Morgan fingerprint density at radius 1 is 1.32 bits per heavy atom. The highest BCUT2D eigenvalue weighted by Crippen LogP contribution is 2.38. The van der Waals surface area contributed by atoms with E-state index in [1.807, 2.05) is 6.07 Å². The Bertz CT molecular complexity index is 873.